The molecule has 1 rings (SSSR count). The van der Waals surface area contributed by atoms with Crippen molar-refractivity contribution in [2.75, 3.05) is 7.05 Å². The molecule has 1 heterocycles. The van der Waals surface area contributed by atoms with Crippen LogP contribution in [0.2, 0.25) is 0 Å². The van der Waals surface area contributed by atoms with Crippen molar-refractivity contribution in [3.8, 4) is 0 Å². The summed E-state index contributed by atoms with van der Waals surface area (Å²) in [5.41, 5.74) is 4.53. The number of carbonyl (C=O) groups is 1. The number of halogens is 1. The largest absolute Gasteiger partial charge is 0.368 e. The van der Waals surface area contributed by atoms with E-state index in [0.717, 1.165) is 6.20 Å². The molecule has 0 bridgehead atoms. The van der Waals surface area contributed by atoms with Gasteiger partial charge in [0.05, 0.1) is 6.20 Å². The SMILES string of the molecule is CNC(C)(C(N)=O)c1cncc(F)c1. The summed E-state index contributed by atoms with van der Waals surface area (Å²) in [6.45, 7) is 1.58. The van der Waals surface area contributed by atoms with Crippen LogP contribution in [0.5, 0.6) is 0 Å². The molecule has 4 nitrogen and oxygen atoms in total. The number of amides is 1. The zero-order chi connectivity index (χ0) is 10.8. The lowest BCUT2D eigenvalue weighted by Gasteiger charge is -2.25. The molecule has 0 saturated carbocycles. The molecule has 14 heavy (non-hydrogen) atoms. The first kappa shape index (κ1) is 10.6. The molecule has 0 aliphatic heterocycles. The third kappa shape index (κ3) is 1.72. The molecule has 1 unspecified atom stereocenters. The van der Waals surface area contributed by atoms with Gasteiger partial charge in [0.25, 0.3) is 0 Å². The highest BCUT2D eigenvalue weighted by Gasteiger charge is 2.31. The van der Waals surface area contributed by atoms with Gasteiger partial charge in [-0.2, -0.15) is 0 Å². The molecular weight excluding hydrogens is 185 g/mol. The van der Waals surface area contributed by atoms with Gasteiger partial charge in [0.1, 0.15) is 11.4 Å². The van der Waals surface area contributed by atoms with Crippen molar-refractivity contribution in [3.63, 3.8) is 0 Å². The molecule has 76 valence electrons. The van der Waals surface area contributed by atoms with Gasteiger partial charge in [0.2, 0.25) is 5.91 Å². The minimum absolute atomic E-state index is 0.410. The minimum Gasteiger partial charge on any atom is -0.368 e. The zero-order valence-electron chi connectivity index (χ0n) is 8.04. The summed E-state index contributed by atoms with van der Waals surface area (Å²) in [5, 5.41) is 2.74. The fourth-order valence-corrected chi connectivity index (χ4v) is 1.10. The van der Waals surface area contributed by atoms with E-state index in [0.29, 0.717) is 5.56 Å². The molecule has 1 aromatic rings. The third-order valence-corrected chi connectivity index (χ3v) is 2.28. The number of likely N-dealkylation sites (N-methyl/N-ethyl adjacent to an activating group) is 1. The lowest BCUT2D eigenvalue weighted by Crippen LogP contribution is -2.48. The number of primary amides is 1. The van der Waals surface area contributed by atoms with Crippen LogP contribution in [0.15, 0.2) is 18.5 Å². The number of nitrogens with zero attached hydrogens (tertiary/aromatic N) is 1. The highest BCUT2D eigenvalue weighted by molar-refractivity contribution is 5.85. The molecule has 3 N–H and O–H groups in total. The Bertz CT molecular complexity index is 356. The van der Waals surface area contributed by atoms with Gasteiger partial charge in [0.15, 0.2) is 0 Å². The number of nitrogens with one attached hydrogen (secondary N) is 1. The zero-order valence-corrected chi connectivity index (χ0v) is 8.04. The highest BCUT2D eigenvalue weighted by Crippen LogP contribution is 2.19. The van der Waals surface area contributed by atoms with E-state index >= 15 is 0 Å². The summed E-state index contributed by atoms with van der Waals surface area (Å²) in [5.74, 6) is -1.07. The van der Waals surface area contributed by atoms with Crippen LogP contribution in [0.4, 0.5) is 4.39 Å². The number of nitrogens with two attached hydrogens (primary N) is 1. The second kappa shape index (κ2) is 3.71. The Labute approximate surface area is 81.3 Å². The second-order valence-corrected chi connectivity index (χ2v) is 3.13. The Kier molecular flexibility index (Phi) is 2.81. The van der Waals surface area contributed by atoms with Gasteiger partial charge in [-0.25, -0.2) is 4.39 Å². The van der Waals surface area contributed by atoms with Crippen molar-refractivity contribution in [3.05, 3.63) is 29.8 Å². The van der Waals surface area contributed by atoms with E-state index in [1.807, 2.05) is 0 Å². The van der Waals surface area contributed by atoms with Crippen LogP contribution in [-0.4, -0.2) is 17.9 Å². The summed E-state index contributed by atoms with van der Waals surface area (Å²) in [6.07, 6.45) is 2.48. The van der Waals surface area contributed by atoms with Gasteiger partial charge >= 0.3 is 0 Å². The van der Waals surface area contributed by atoms with Gasteiger partial charge in [-0.3, -0.25) is 9.78 Å². The quantitative estimate of drug-likeness (QED) is 0.724. The van der Waals surface area contributed by atoms with Crippen LogP contribution in [0, 0.1) is 5.82 Å². The van der Waals surface area contributed by atoms with Gasteiger partial charge in [-0.15, -0.1) is 0 Å². The standard InChI is InChI=1S/C9H12FN3O/c1-9(12-2,8(11)14)6-3-7(10)5-13-4-6/h3-5,12H,1-2H3,(H2,11,14). The summed E-state index contributed by atoms with van der Waals surface area (Å²) in [6, 6.07) is 1.23. The molecule has 0 aromatic carbocycles. The monoisotopic (exact) mass is 197 g/mol. The van der Waals surface area contributed by atoms with Crippen LogP contribution < -0.4 is 11.1 Å². The predicted molar refractivity (Wildman–Crippen MR) is 49.8 cm³/mol. The van der Waals surface area contributed by atoms with Gasteiger partial charge < -0.3 is 11.1 Å². The molecule has 0 fully saturated rings. The topological polar surface area (TPSA) is 68.0 Å². The van der Waals surface area contributed by atoms with E-state index < -0.39 is 17.3 Å². The van der Waals surface area contributed by atoms with Crippen molar-refractivity contribution in [1.29, 1.82) is 0 Å². The third-order valence-electron chi connectivity index (χ3n) is 2.28. The van der Waals surface area contributed by atoms with Crippen molar-refractivity contribution >= 4 is 5.91 Å². The summed E-state index contributed by atoms with van der Waals surface area (Å²) in [7, 11) is 1.58. The number of carbonyl (C=O) groups excluding carboxylic acids is 1. The van der Waals surface area contributed by atoms with E-state index in [1.54, 1.807) is 14.0 Å². The van der Waals surface area contributed by atoms with Crippen LogP contribution in [0.3, 0.4) is 0 Å². The number of hydrogen-bond acceptors (Lipinski definition) is 3. The minimum atomic E-state index is -1.09. The average molecular weight is 197 g/mol. The normalized spacial score (nSPS) is 14.8. The van der Waals surface area contributed by atoms with Crippen LogP contribution in [0.1, 0.15) is 12.5 Å². The molecule has 1 amide bonds. The maximum atomic E-state index is 12.9. The molecule has 0 aliphatic carbocycles. The molecule has 5 heteroatoms. The second-order valence-electron chi connectivity index (χ2n) is 3.13. The lowest BCUT2D eigenvalue weighted by atomic mass is 9.93. The molecule has 1 atom stereocenters. The van der Waals surface area contributed by atoms with E-state index in [1.165, 1.54) is 12.3 Å². The van der Waals surface area contributed by atoms with Crippen LogP contribution >= 0.6 is 0 Å². The predicted octanol–water partition coefficient (Wildman–Crippen LogP) is 0.141. The number of rotatable bonds is 3. The molecule has 1 aromatic heterocycles. The first-order chi connectivity index (χ1) is 6.50. The fraction of sp³-hybridized carbons (Fsp3) is 0.333. The number of pyridine rings is 1. The smallest absolute Gasteiger partial charge is 0.242 e. The maximum absolute atomic E-state index is 12.9. The Morgan fingerprint density at radius 2 is 2.29 bits per heavy atom. The maximum Gasteiger partial charge on any atom is 0.242 e. The molecule has 0 radical (unpaired) electrons. The van der Waals surface area contributed by atoms with Crippen molar-refractivity contribution in [1.82, 2.24) is 10.3 Å². The van der Waals surface area contributed by atoms with Crippen LogP contribution in [0.25, 0.3) is 0 Å². The molecule has 0 spiro atoms. The first-order valence-corrected chi connectivity index (χ1v) is 4.10. The van der Waals surface area contributed by atoms with E-state index in [-0.39, 0.29) is 0 Å². The summed E-state index contributed by atoms with van der Waals surface area (Å²) < 4.78 is 12.9. The molecule has 0 saturated heterocycles. The lowest BCUT2D eigenvalue weighted by molar-refractivity contribution is -0.123. The van der Waals surface area contributed by atoms with Gasteiger partial charge in [-0.1, -0.05) is 0 Å². The number of hydrogen-bond donors (Lipinski definition) is 2. The van der Waals surface area contributed by atoms with E-state index in [9.17, 15) is 9.18 Å². The Hall–Kier alpha value is -1.49. The van der Waals surface area contributed by atoms with E-state index in [2.05, 4.69) is 10.3 Å². The highest BCUT2D eigenvalue weighted by atomic mass is 19.1. The molecule has 0 aliphatic rings. The first-order valence-electron chi connectivity index (χ1n) is 4.10. The van der Waals surface area contributed by atoms with E-state index in [4.69, 9.17) is 5.73 Å². The Morgan fingerprint density at radius 3 is 2.71 bits per heavy atom. The van der Waals surface area contributed by atoms with Gasteiger partial charge in [-0.05, 0) is 20.0 Å². The summed E-state index contributed by atoms with van der Waals surface area (Å²) >= 11 is 0. The number of aromatic nitrogens is 1. The Balaban J connectivity index is 3.19. The molecular formula is C9H12FN3O. The van der Waals surface area contributed by atoms with Crippen LogP contribution in [-0.2, 0) is 10.3 Å². The van der Waals surface area contributed by atoms with Crippen molar-refractivity contribution in [2.24, 2.45) is 5.73 Å². The fourth-order valence-electron chi connectivity index (χ4n) is 1.10. The van der Waals surface area contributed by atoms with Crippen molar-refractivity contribution in [2.45, 2.75) is 12.5 Å². The summed E-state index contributed by atoms with van der Waals surface area (Å²) in [4.78, 5) is 14.8. The average Bonchev–Trinajstić information content (AvgIpc) is 2.16. The van der Waals surface area contributed by atoms with Crippen molar-refractivity contribution < 1.29 is 9.18 Å². The van der Waals surface area contributed by atoms with Gasteiger partial charge in [0, 0.05) is 11.8 Å². The Morgan fingerprint density at radius 1 is 1.64 bits per heavy atom.